The van der Waals surface area contributed by atoms with E-state index in [0.29, 0.717) is 19.6 Å². The second kappa shape index (κ2) is 7.07. The molecule has 0 aliphatic heterocycles. The van der Waals surface area contributed by atoms with Crippen molar-refractivity contribution in [2.75, 3.05) is 20.3 Å². The number of carbonyl (C=O) groups is 1. The topological polar surface area (TPSA) is 67.0 Å². The van der Waals surface area contributed by atoms with E-state index in [1.807, 2.05) is 42.7 Å². The quantitative estimate of drug-likeness (QED) is 0.688. The molecule has 5 nitrogen and oxygen atoms in total. The molecular formula is C18H19N3O2. The molecule has 0 bridgehead atoms. The van der Waals surface area contributed by atoms with Crippen LogP contribution in [-0.2, 0) is 16.0 Å². The van der Waals surface area contributed by atoms with Gasteiger partial charge in [-0.15, -0.1) is 0 Å². The SMILES string of the molecule is COCCNC(=O)Cc1c[nH]c2ncc(-c3ccccc3)cc12. The maximum absolute atomic E-state index is 12.0. The fraction of sp³-hybridized carbons (Fsp3) is 0.222. The minimum absolute atomic E-state index is 0.0203. The number of aromatic amines is 1. The summed E-state index contributed by atoms with van der Waals surface area (Å²) in [6, 6.07) is 12.2. The van der Waals surface area contributed by atoms with Crippen molar-refractivity contribution in [1.29, 1.82) is 0 Å². The summed E-state index contributed by atoms with van der Waals surface area (Å²) < 4.78 is 4.93. The number of benzene rings is 1. The van der Waals surface area contributed by atoms with Crippen molar-refractivity contribution in [1.82, 2.24) is 15.3 Å². The summed E-state index contributed by atoms with van der Waals surface area (Å²) in [6.45, 7) is 1.03. The highest BCUT2D eigenvalue weighted by atomic mass is 16.5. The third kappa shape index (κ3) is 3.57. The van der Waals surface area contributed by atoms with E-state index in [9.17, 15) is 4.79 Å². The molecular weight excluding hydrogens is 290 g/mol. The van der Waals surface area contributed by atoms with Crippen LogP contribution in [0.15, 0.2) is 48.8 Å². The average Bonchev–Trinajstić information content (AvgIpc) is 2.98. The number of fused-ring (bicyclic) bond motifs is 1. The van der Waals surface area contributed by atoms with E-state index >= 15 is 0 Å². The number of H-pyrrole nitrogens is 1. The summed E-state index contributed by atoms with van der Waals surface area (Å²) in [5, 5.41) is 3.81. The summed E-state index contributed by atoms with van der Waals surface area (Å²) in [5.74, 6) is -0.0203. The Balaban J connectivity index is 1.83. The molecule has 3 rings (SSSR count). The van der Waals surface area contributed by atoms with Crippen LogP contribution in [0, 0.1) is 0 Å². The van der Waals surface area contributed by atoms with E-state index < -0.39 is 0 Å². The van der Waals surface area contributed by atoms with Gasteiger partial charge < -0.3 is 15.0 Å². The number of methoxy groups -OCH3 is 1. The molecule has 3 aromatic rings. The average molecular weight is 309 g/mol. The van der Waals surface area contributed by atoms with E-state index in [0.717, 1.165) is 27.7 Å². The summed E-state index contributed by atoms with van der Waals surface area (Å²) in [6.07, 6.45) is 4.02. The molecule has 0 saturated carbocycles. The zero-order chi connectivity index (χ0) is 16.1. The van der Waals surface area contributed by atoms with Gasteiger partial charge in [-0.1, -0.05) is 30.3 Å². The van der Waals surface area contributed by atoms with E-state index in [-0.39, 0.29) is 5.91 Å². The number of nitrogens with one attached hydrogen (secondary N) is 2. The molecule has 0 saturated heterocycles. The number of carbonyl (C=O) groups excluding carboxylic acids is 1. The normalized spacial score (nSPS) is 10.8. The minimum atomic E-state index is -0.0203. The lowest BCUT2D eigenvalue weighted by Gasteiger charge is -2.05. The molecule has 1 aromatic carbocycles. The van der Waals surface area contributed by atoms with Gasteiger partial charge in [0.2, 0.25) is 5.91 Å². The molecule has 5 heteroatoms. The molecule has 0 radical (unpaired) electrons. The lowest BCUT2D eigenvalue weighted by Crippen LogP contribution is -2.28. The van der Waals surface area contributed by atoms with Crippen LogP contribution >= 0.6 is 0 Å². The molecule has 2 heterocycles. The number of rotatable bonds is 6. The van der Waals surface area contributed by atoms with E-state index in [4.69, 9.17) is 4.74 Å². The fourth-order valence-electron chi connectivity index (χ4n) is 2.52. The first-order valence-electron chi connectivity index (χ1n) is 7.55. The molecule has 0 spiro atoms. The zero-order valence-corrected chi connectivity index (χ0v) is 13.0. The van der Waals surface area contributed by atoms with Crippen LogP contribution in [0.25, 0.3) is 22.2 Å². The van der Waals surface area contributed by atoms with Gasteiger partial charge in [0.25, 0.3) is 0 Å². The number of nitrogens with zero attached hydrogens (tertiary/aromatic N) is 1. The first-order valence-corrected chi connectivity index (χ1v) is 7.55. The Morgan fingerprint density at radius 2 is 2.09 bits per heavy atom. The predicted molar refractivity (Wildman–Crippen MR) is 90.1 cm³/mol. The Morgan fingerprint density at radius 1 is 1.26 bits per heavy atom. The standard InChI is InChI=1S/C18H19N3O2/c1-23-8-7-19-17(22)10-15-12-21-18-16(15)9-14(11-20-18)13-5-3-2-4-6-13/h2-6,9,11-12H,7-8,10H2,1H3,(H,19,22)(H,20,21). The van der Waals surface area contributed by atoms with Gasteiger partial charge in [-0.05, 0) is 17.2 Å². The van der Waals surface area contributed by atoms with Gasteiger partial charge in [-0.3, -0.25) is 4.79 Å². The zero-order valence-electron chi connectivity index (χ0n) is 13.0. The van der Waals surface area contributed by atoms with Crippen molar-refractivity contribution < 1.29 is 9.53 Å². The summed E-state index contributed by atoms with van der Waals surface area (Å²) in [5.41, 5.74) is 3.89. The predicted octanol–water partition coefficient (Wildman–Crippen LogP) is 2.54. The Kier molecular flexibility index (Phi) is 4.68. The minimum Gasteiger partial charge on any atom is -0.383 e. The lowest BCUT2D eigenvalue weighted by atomic mass is 10.0. The second-order valence-electron chi connectivity index (χ2n) is 5.32. The van der Waals surface area contributed by atoms with Gasteiger partial charge in [0.15, 0.2) is 0 Å². The molecule has 2 N–H and O–H groups in total. The van der Waals surface area contributed by atoms with Crippen molar-refractivity contribution in [3.05, 3.63) is 54.4 Å². The molecule has 1 amide bonds. The molecule has 23 heavy (non-hydrogen) atoms. The number of hydrogen-bond donors (Lipinski definition) is 2. The number of amides is 1. The molecule has 0 unspecified atom stereocenters. The van der Waals surface area contributed by atoms with Crippen molar-refractivity contribution in [2.45, 2.75) is 6.42 Å². The number of aromatic nitrogens is 2. The fourth-order valence-corrected chi connectivity index (χ4v) is 2.52. The number of hydrogen-bond acceptors (Lipinski definition) is 3. The van der Waals surface area contributed by atoms with Crippen LogP contribution in [0.5, 0.6) is 0 Å². The molecule has 0 atom stereocenters. The van der Waals surface area contributed by atoms with E-state index in [1.54, 1.807) is 7.11 Å². The van der Waals surface area contributed by atoms with Crippen LogP contribution in [-0.4, -0.2) is 36.1 Å². The van der Waals surface area contributed by atoms with E-state index in [1.165, 1.54) is 0 Å². The Bertz CT molecular complexity index is 796. The van der Waals surface area contributed by atoms with Crippen molar-refractivity contribution in [3.8, 4) is 11.1 Å². The third-order valence-electron chi connectivity index (χ3n) is 3.70. The Labute approximate surface area is 134 Å². The van der Waals surface area contributed by atoms with Crippen molar-refractivity contribution in [2.24, 2.45) is 0 Å². The lowest BCUT2D eigenvalue weighted by molar-refractivity contribution is -0.120. The van der Waals surface area contributed by atoms with Crippen LogP contribution in [0.3, 0.4) is 0 Å². The van der Waals surface area contributed by atoms with Crippen LogP contribution in [0.4, 0.5) is 0 Å². The highest BCUT2D eigenvalue weighted by Crippen LogP contribution is 2.24. The first kappa shape index (κ1) is 15.2. The smallest absolute Gasteiger partial charge is 0.224 e. The van der Waals surface area contributed by atoms with Gasteiger partial charge in [-0.2, -0.15) is 0 Å². The summed E-state index contributed by atoms with van der Waals surface area (Å²) in [4.78, 5) is 19.6. The summed E-state index contributed by atoms with van der Waals surface area (Å²) >= 11 is 0. The molecule has 0 aliphatic rings. The maximum atomic E-state index is 12.0. The van der Waals surface area contributed by atoms with Gasteiger partial charge in [-0.25, -0.2) is 4.98 Å². The first-order chi connectivity index (χ1) is 11.3. The largest absolute Gasteiger partial charge is 0.383 e. The maximum Gasteiger partial charge on any atom is 0.224 e. The highest BCUT2D eigenvalue weighted by molar-refractivity contribution is 5.89. The van der Waals surface area contributed by atoms with Crippen molar-refractivity contribution in [3.63, 3.8) is 0 Å². The second-order valence-corrected chi connectivity index (χ2v) is 5.32. The van der Waals surface area contributed by atoms with Crippen LogP contribution in [0.1, 0.15) is 5.56 Å². The van der Waals surface area contributed by atoms with Crippen LogP contribution in [0.2, 0.25) is 0 Å². The summed E-state index contributed by atoms with van der Waals surface area (Å²) in [7, 11) is 1.61. The Hall–Kier alpha value is -2.66. The van der Waals surface area contributed by atoms with Crippen molar-refractivity contribution >= 4 is 16.9 Å². The van der Waals surface area contributed by atoms with Gasteiger partial charge in [0, 0.05) is 37.0 Å². The number of ether oxygens (including phenoxy) is 1. The highest BCUT2D eigenvalue weighted by Gasteiger charge is 2.10. The third-order valence-corrected chi connectivity index (χ3v) is 3.70. The Morgan fingerprint density at radius 3 is 2.87 bits per heavy atom. The molecule has 0 fully saturated rings. The molecule has 118 valence electrons. The van der Waals surface area contributed by atoms with Gasteiger partial charge in [0.1, 0.15) is 5.65 Å². The van der Waals surface area contributed by atoms with E-state index in [2.05, 4.69) is 21.4 Å². The van der Waals surface area contributed by atoms with Gasteiger partial charge in [0.05, 0.1) is 13.0 Å². The van der Waals surface area contributed by atoms with Crippen LogP contribution < -0.4 is 5.32 Å². The molecule has 2 aromatic heterocycles. The van der Waals surface area contributed by atoms with Gasteiger partial charge >= 0.3 is 0 Å². The monoisotopic (exact) mass is 309 g/mol. The molecule has 0 aliphatic carbocycles. The number of pyridine rings is 1.